The highest BCUT2D eigenvalue weighted by Gasteiger charge is 2.34. The second-order valence-electron chi connectivity index (χ2n) is 7.08. The number of halogens is 1. The fourth-order valence-corrected chi connectivity index (χ4v) is 4.16. The third-order valence-electron chi connectivity index (χ3n) is 5.24. The summed E-state index contributed by atoms with van der Waals surface area (Å²) in [5.74, 6) is 0.695. The molecular weight excluding hydrogens is 426 g/mol. The predicted molar refractivity (Wildman–Crippen MR) is 118 cm³/mol. The Kier molecular flexibility index (Phi) is 4.52. The van der Waals surface area contributed by atoms with Crippen LogP contribution in [0.25, 0.3) is 16.9 Å². The summed E-state index contributed by atoms with van der Waals surface area (Å²) < 4.78 is 2.87. The Labute approximate surface area is 177 Å². The molecule has 1 aromatic heterocycles. The molecule has 0 spiro atoms. The van der Waals surface area contributed by atoms with Crippen LogP contribution in [0.4, 0.5) is 5.82 Å². The molecule has 5 heteroatoms. The average Bonchev–Trinajstić information content (AvgIpc) is 3.14. The molecule has 29 heavy (non-hydrogen) atoms. The van der Waals surface area contributed by atoms with Crippen molar-refractivity contribution in [2.24, 2.45) is 0 Å². The molecule has 1 amide bonds. The molecule has 142 valence electrons. The quantitative estimate of drug-likeness (QED) is 0.436. The summed E-state index contributed by atoms with van der Waals surface area (Å²) in [6.07, 6.45) is 0.398. The largest absolute Gasteiger partial charge is 0.310 e. The Morgan fingerprint density at radius 2 is 1.55 bits per heavy atom. The van der Waals surface area contributed by atoms with Crippen LogP contribution in [0.2, 0.25) is 0 Å². The van der Waals surface area contributed by atoms with Crippen molar-refractivity contribution in [1.82, 2.24) is 9.78 Å². The molecule has 4 aromatic rings. The zero-order valence-corrected chi connectivity index (χ0v) is 17.1. The van der Waals surface area contributed by atoms with Crippen LogP contribution in [0.3, 0.4) is 0 Å². The van der Waals surface area contributed by atoms with Gasteiger partial charge in [-0.15, -0.1) is 0 Å². The van der Waals surface area contributed by atoms with E-state index in [0.29, 0.717) is 6.42 Å². The van der Waals surface area contributed by atoms with Gasteiger partial charge in [0.2, 0.25) is 5.91 Å². The van der Waals surface area contributed by atoms with E-state index in [0.717, 1.165) is 38.4 Å². The molecule has 3 aromatic carbocycles. The molecule has 1 aliphatic rings. The van der Waals surface area contributed by atoms with Crippen molar-refractivity contribution >= 4 is 27.7 Å². The second kappa shape index (κ2) is 7.33. The van der Waals surface area contributed by atoms with Crippen LogP contribution in [-0.4, -0.2) is 15.7 Å². The first kappa shape index (κ1) is 17.9. The molecule has 1 atom stereocenters. The van der Waals surface area contributed by atoms with Crippen LogP contribution in [0.1, 0.15) is 23.5 Å². The molecule has 0 radical (unpaired) electrons. The highest BCUT2D eigenvalue weighted by atomic mass is 79.9. The van der Waals surface area contributed by atoms with E-state index in [-0.39, 0.29) is 11.8 Å². The number of hydrogen-bond acceptors (Lipinski definition) is 2. The lowest BCUT2D eigenvalue weighted by Crippen LogP contribution is -2.24. The van der Waals surface area contributed by atoms with Gasteiger partial charge in [-0.25, -0.2) is 4.68 Å². The minimum atomic E-state index is -0.0560. The number of rotatable bonds is 3. The van der Waals surface area contributed by atoms with Gasteiger partial charge < -0.3 is 5.32 Å². The maximum Gasteiger partial charge on any atom is 0.226 e. The van der Waals surface area contributed by atoms with E-state index in [1.165, 1.54) is 0 Å². The molecule has 1 N–H and O–H groups in total. The minimum absolute atomic E-state index is 0.00196. The molecule has 2 heterocycles. The Morgan fingerprint density at radius 1 is 0.897 bits per heavy atom. The van der Waals surface area contributed by atoms with E-state index in [1.54, 1.807) is 0 Å². The molecule has 5 rings (SSSR count). The standard InChI is InChI=1S/C24H18BrN3O/c25-18-13-11-16(12-14-18)20-15-21(29)26-24-22(20)23(17-7-3-1-4-8-17)27-28(24)19-9-5-2-6-10-19/h1-14,20H,15H2,(H,26,29)/t20-/m0/s1. The third-order valence-corrected chi connectivity index (χ3v) is 5.77. The molecule has 4 nitrogen and oxygen atoms in total. The van der Waals surface area contributed by atoms with Crippen molar-refractivity contribution in [1.29, 1.82) is 0 Å². The summed E-state index contributed by atoms with van der Waals surface area (Å²) in [6.45, 7) is 0. The van der Waals surface area contributed by atoms with E-state index >= 15 is 0 Å². The summed E-state index contributed by atoms with van der Waals surface area (Å²) in [4.78, 5) is 12.6. The van der Waals surface area contributed by atoms with Crippen LogP contribution in [0, 0.1) is 0 Å². The number of carbonyl (C=O) groups excluding carboxylic acids is 1. The number of benzene rings is 3. The Hall–Kier alpha value is -3.18. The number of nitrogens with one attached hydrogen (secondary N) is 1. The molecule has 0 saturated heterocycles. The number of carbonyl (C=O) groups is 1. The van der Waals surface area contributed by atoms with Gasteiger partial charge in [0, 0.05) is 27.9 Å². The summed E-state index contributed by atoms with van der Waals surface area (Å²) in [5, 5.41) is 8.03. The van der Waals surface area contributed by atoms with Gasteiger partial charge in [0.15, 0.2) is 0 Å². The van der Waals surface area contributed by atoms with Gasteiger partial charge in [0.05, 0.1) is 11.4 Å². The van der Waals surface area contributed by atoms with Gasteiger partial charge >= 0.3 is 0 Å². The summed E-state index contributed by atoms with van der Waals surface area (Å²) in [7, 11) is 0. The zero-order chi connectivity index (χ0) is 19.8. The molecule has 0 bridgehead atoms. The number of amides is 1. The van der Waals surface area contributed by atoms with Crippen molar-refractivity contribution in [3.63, 3.8) is 0 Å². The topological polar surface area (TPSA) is 46.9 Å². The monoisotopic (exact) mass is 443 g/mol. The fourth-order valence-electron chi connectivity index (χ4n) is 3.90. The van der Waals surface area contributed by atoms with Gasteiger partial charge in [-0.05, 0) is 29.8 Å². The summed E-state index contributed by atoms with van der Waals surface area (Å²) in [5.41, 5.74) is 5.02. The van der Waals surface area contributed by atoms with Gasteiger partial charge in [0.25, 0.3) is 0 Å². The molecular formula is C24H18BrN3O. The van der Waals surface area contributed by atoms with Crippen LogP contribution in [-0.2, 0) is 4.79 Å². The smallest absolute Gasteiger partial charge is 0.226 e. The van der Waals surface area contributed by atoms with E-state index < -0.39 is 0 Å². The second-order valence-corrected chi connectivity index (χ2v) is 8.00. The number of nitrogens with zero attached hydrogens (tertiary/aromatic N) is 2. The van der Waals surface area contributed by atoms with E-state index in [1.807, 2.05) is 65.3 Å². The van der Waals surface area contributed by atoms with Crippen LogP contribution in [0.15, 0.2) is 89.4 Å². The van der Waals surface area contributed by atoms with Crippen molar-refractivity contribution in [2.75, 3.05) is 5.32 Å². The van der Waals surface area contributed by atoms with Crippen molar-refractivity contribution in [3.05, 3.63) is 101 Å². The molecule has 0 unspecified atom stereocenters. The van der Waals surface area contributed by atoms with Gasteiger partial charge in [-0.3, -0.25) is 4.79 Å². The van der Waals surface area contributed by atoms with Crippen molar-refractivity contribution in [3.8, 4) is 16.9 Å². The average molecular weight is 444 g/mol. The van der Waals surface area contributed by atoms with Crippen molar-refractivity contribution < 1.29 is 4.79 Å². The van der Waals surface area contributed by atoms with Gasteiger partial charge in [-0.2, -0.15) is 5.10 Å². The van der Waals surface area contributed by atoms with Crippen molar-refractivity contribution in [2.45, 2.75) is 12.3 Å². The Morgan fingerprint density at radius 3 is 2.24 bits per heavy atom. The van der Waals surface area contributed by atoms with E-state index in [2.05, 4.69) is 45.5 Å². The zero-order valence-electron chi connectivity index (χ0n) is 15.5. The fraction of sp³-hybridized carbons (Fsp3) is 0.0833. The Bertz CT molecular complexity index is 1170. The van der Waals surface area contributed by atoms with Crippen LogP contribution in [0.5, 0.6) is 0 Å². The van der Waals surface area contributed by atoms with Gasteiger partial charge in [-0.1, -0.05) is 76.6 Å². The first-order valence-electron chi connectivity index (χ1n) is 9.50. The van der Waals surface area contributed by atoms with Crippen LogP contribution < -0.4 is 5.32 Å². The maximum absolute atomic E-state index is 12.6. The SMILES string of the molecule is O=C1C[C@@H](c2ccc(Br)cc2)c2c(-c3ccccc3)nn(-c3ccccc3)c2N1. The minimum Gasteiger partial charge on any atom is -0.310 e. The first-order chi connectivity index (χ1) is 14.2. The number of hydrogen-bond donors (Lipinski definition) is 1. The summed E-state index contributed by atoms with van der Waals surface area (Å²) in [6, 6.07) is 28.3. The molecule has 0 saturated carbocycles. The highest BCUT2D eigenvalue weighted by molar-refractivity contribution is 9.10. The lowest BCUT2D eigenvalue weighted by atomic mass is 9.84. The van der Waals surface area contributed by atoms with E-state index in [4.69, 9.17) is 5.10 Å². The molecule has 0 fully saturated rings. The Balaban J connectivity index is 1.77. The number of aromatic nitrogens is 2. The first-order valence-corrected chi connectivity index (χ1v) is 10.3. The highest BCUT2D eigenvalue weighted by Crippen LogP contribution is 2.44. The molecule has 1 aliphatic heterocycles. The third kappa shape index (κ3) is 3.28. The maximum atomic E-state index is 12.6. The normalized spacial score (nSPS) is 15.6. The van der Waals surface area contributed by atoms with Crippen LogP contribution >= 0.6 is 15.9 Å². The number of fused-ring (bicyclic) bond motifs is 1. The van der Waals surface area contributed by atoms with Gasteiger partial charge in [0.1, 0.15) is 5.82 Å². The number of anilines is 1. The lowest BCUT2D eigenvalue weighted by Gasteiger charge is -2.25. The van der Waals surface area contributed by atoms with E-state index in [9.17, 15) is 4.79 Å². The number of para-hydroxylation sites is 1. The lowest BCUT2D eigenvalue weighted by molar-refractivity contribution is -0.116. The molecule has 0 aliphatic carbocycles. The summed E-state index contributed by atoms with van der Waals surface area (Å²) >= 11 is 3.50. The predicted octanol–water partition coefficient (Wildman–Crippen LogP) is 5.78.